The van der Waals surface area contributed by atoms with Gasteiger partial charge in [0.15, 0.2) is 0 Å². The zero-order valence-electron chi connectivity index (χ0n) is 46.8. The highest BCUT2D eigenvalue weighted by Crippen LogP contribution is 2.40. The van der Waals surface area contributed by atoms with Crippen LogP contribution in [-0.2, 0) is 4.74 Å². The Labute approximate surface area is 453 Å². The molecule has 4 aromatic heterocycles. The van der Waals surface area contributed by atoms with E-state index in [9.17, 15) is 4.79 Å². The summed E-state index contributed by atoms with van der Waals surface area (Å²) in [7, 11) is 0. The number of anilines is 2. The summed E-state index contributed by atoms with van der Waals surface area (Å²) < 4.78 is 17.3. The Bertz CT molecular complexity index is 3000. The smallest absolute Gasteiger partial charge is 0.410 e. The summed E-state index contributed by atoms with van der Waals surface area (Å²) in [6.45, 7) is 37.5. The fraction of sp³-hybridized carbons (Fsp3) is 0.596. The molecule has 0 radical (unpaired) electrons. The predicted molar refractivity (Wildman–Crippen MR) is 301 cm³/mol. The minimum atomic E-state index is -0.441. The van der Waals surface area contributed by atoms with Gasteiger partial charge in [-0.05, 0) is 98.7 Å². The lowest BCUT2D eigenvalue weighted by molar-refractivity contribution is -0.114. The van der Waals surface area contributed by atoms with E-state index in [2.05, 4.69) is 95.0 Å². The normalized spacial score (nSPS) is 21.7. The van der Waals surface area contributed by atoms with E-state index >= 15 is 0 Å². The minimum Gasteiger partial charge on any atom is -0.491 e. The third kappa shape index (κ3) is 11.8. The number of aromatic amines is 2. The number of likely N-dealkylation sites (tertiary alicyclic amines) is 3. The number of ether oxygens (including phenoxy) is 3. The second-order valence-corrected chi connectivity index (χ2v) is 24.4. The number of carbonyl (C=O) groups excluding carboxylic acids is 1. The lowest BCUT2D eigenvalue weighted by Gasteiger charge is -2.60. The van der Waals surface area contributed by atoms with Gasteiger partial charge in [-0.25, -0.2) is 24.7 Å². The standard InChI is InChI=1S/C31H44N8O3.C26H36N8O/c1-21(2)41-23-7-8-25-24(13-23)28(35-34-25)26-14-27(33-20-32-26)38-12-11-37(22(3)15-38)10-9-36-16-31(17-36)18-39(19-31)29(40)42-30(4,5)6;1-18(2)35-20-4-5-22-21(10-20)25(31-30-22)23-11-24(29-17-28-23)34-9-8-33(19(3)12-34)7-6-32-15-26(16-32)13-27-14-26/h7-8,13-14,20-22H,9-12,15-19H2,1-6H3,(H,34,35);4-5,10-11,17-19,27H,6-9,12-16H2,1-3H3,(H,30,31)/t22-;19-/m00/s1. The summed E-state index contributed by atoms with van der Waals surface area (Å²) in [6.07, 6.45) is 3.34. The van der Waals surface area contributed by atoms with Crippen LogP contribution in [0.3, 0.4) is 0 Å². The number of carbonyl (C=O) groups is 1. The summed E-state index contributed by atoms with van der Waals surface area (Å²) in [4.78, 5) is 47.6. The van der Waals surface area contributed by atoms with Gasteiger partial charge in [0.25, 0.3) is 0 Å². The van der Waals surface area contributed by atoms with E-state index in [4.69, 9.17) is 14.2 Å². The molecule has 77 heavy (non-hydrogen) atoms. The van der Waals surface area contributed by atoms with Crippen LogP contribution in [0, 0.1) is 10.8 Å². The summed E-state index contributed by atoms with van der Waals surface area (Å²) in [5, 5.41) is 20.8. The maximum atomic E-state index is 12.3. The zero-order valence-corrected chi connectivity index (χ0v) is 46.8. The number of aromatic nitrogens is 8. The second kappa shape index (κ2) is 21.6. The third-order valence-electron chi connectivity index (χ3n) is 16.1. The molecule has 6 fully saturated rings. The number of hydrogen-bond acceptors (Lipinski definition) is 17. The second-order valence-electron chi connectivity index (χ2n) is 24.4. The predicted octanol–water partition coefficient (Wildman–Crippen LogP) is 6.09. The largest absolute Gasteiger partial charge is 0.491 e. The van der Waals surface area contributed by atoms with E-state index in [0.29, 0.717) is 17.5 Å². The Morgan fingerprint density at radius 1 is 0.623 bits per heavy atom. The molecule has 0 saturated carbocycles. The average molecular weight is 1050 g/mol. The highest BCUT2D eigenvalue weighted by molar-refractivity contribution is 5.94. The Kier molecular flexibility index (Phi) is 14.8. The van der Waals surface area contributed by atoms with Crippen LogP contribution in [0.2, 0.25) is 0 Å². The van der Waals surface area contributed by atoms with E-state index < -0.39 is 5.60 Å². The third-order valence-corrected chi connectivity index (χ3v) is 16.1. The van der Waals surface area contributed by atoms with Crippen molar-refractivity contribution >= 4 is 39.5 Å². The zero-order chi connectivity index (χ0) is 53.6. The van der Waals surface area contributed by atoms with Gasteiger partial charge in [0.2, 0.25) is 0 Å². The molecular formula is C57H80N16O4. The Morgan fingerprint density at radius 3 is 1.51 bits per heavy atom. The van der Waals surface area contributed by atoms with E-state index in [-0.39, 0.29) is 23.7 Å². The number of nitrogens with zero attached hydrogens (tertiary/aromatic N) is 13. The van der Waals surface area contributed by atoms with Crippen LogP contribution in [0.1, 0.15) is 62.3 Å². The quantitative estimate of drug-likeness (QED) is 0.114. The molecular weight excluding hydrogens is 973 g/mol. The van der Waals surface area contributed by atoms with E-state index in [1.54, 1.807) is 12.7 Å². The van der Waals surface area contributed by atoms with Crippen LogP contribution in [0.5, 0.6) is 11.5 Å². The van der Waals surface area contributed by atoms with Crippen molar-refractivity contribution in [3.63, 3.8) is 0 Å². The van der Waals surface area contributed by atoms with Crippen molar-refractivity contribution in [1.29, 1.82) is 0 Å². The molecule has 0 bridgehead atoms. The van der Waals surface area contributed by atoms with Crippen molar-refractivity contribution < 1.29 is 19.0 Å². The van der Waals surface area contributed by atoms with Crippen molar-refractivity contribution in [1.82, 2.24) is 70.1 Å². The van der Waals surface area contributed by atoms with Crippen molar-refractivity contribution in [2.75, 3.05) is 128 Å². The molecule has 10 heterocycles. The SMILES string of the molecule is CC(C)Oc1ccc2[nH]nc(-c3cc(N4CCN(CCN5CC6(C5)CN(C(=O)OC(C)(C)C)C6)[C@@H](C)C4)ncn3)c2c1.CC(C)Oc1ccc2[nH]nc(-c3cc(N4CCN(CCN5CC6(CNC6)C5)[C@@H](C)C4)ncn3)c2c1. The van der Waals surface area contributed by atoms with Gasteiger partial charge in [0.05, 0.1) is 34.6 Å². The first-order valence-corrected chi connectivity index (χ1v) is 28.0. The maximum Gasteiger partial charge on any atom is 0.410 e. The fourth-order valence-corrected chi connectivity index (χ4v) is 12.2. The molecule has 12 rings (SSSR count). The maximum absolute atomic E-state index is 12.3. The highest BCUT2D eigenvalue weighted by Gasteiger charge is 2.54. The van der Waals surface area contributed by atoms with Gasteiger partial charge in [-0.2, -0.15) is 10.2 Å². The molecule has 6 aliphatic rings. The van der Waals surface area contributed by atoms with E-state index in [1.165, 1.54) is 32.7 Å². The van der Waals surface area contributed by atoms with Crippen molar-refractivity contribution in [2.24, 2.45) is 10.8 Å². The Morgan fingerprint density at radius 2 is 1.09 bits per heavy atom. The van der Waals surface area contributed by atoms with Crippen LogP contribution in [0.15, 0.2) is 61.2 Å². The van der Waals surface area contributed by atoms with Gasteiger partial charge in [-0.3, -0.25) is 20.0 Å². The summed E-state index contributed by atoms with van der Waals surface area (Å²) in [6, 6.07) is 17.0. The first-order chi connectivity index (χ1) is 36.9. The van der Waals surface area contributed by atoms with Crippen LogP contribution in [0.25, 0.3) is 44.6 Å². The van der Waals surface area contributed by atoms with Crippen LogP contribution in [-0.4, -0.2) is 219 Å². The molecule has 20 heteroatoms. The number of piperazine rings is 2. The lowest BCUT2D eigenvalue weighted by atomic mass is 9.73. The molecule has 20 nitrogen and oxygen atoms in total. The molecule has 1 amide bonds. The number of H-pyrrole nitrogens is 2. The van der Waals surface area contributed by atoms with Gasteiger partial charge < -0.3 is 44.0 Å². The van der Waals surface area contributed by atoms with Crippen LogP contribution in [0.4, 0.5) is 16.4 Å². The molecule has 6 saturated heterocycles. The summed E-state index contributed by atoms with van der Waals surface area (Å²) in [5.41, 5.74) is 5.64. The topological polar surface area (TPSA) is 188 Å². The molecule has 2 spiro atoms. The number of nitrogens with one attached hydrogen (secondary N) is 3. The molecule has 3 N–H and O–H groups in total. The van der Waals surface area contributed by atoms with E-state index in [1.807, 2.05) is 95.8 Å². The Balaban J connectivity index is 0.000000166. The van der Waals surface area contributed by atoms with Crippen LogP contribution >= 0.6 is 0 Å². The van der Waals surface area contributed by atoms with Crippen molar-refractivity contribution in [2.45, 2.75) is 92.2 Å². The lowest BCUT2D eigenvalue weighted by Crippen LogP contribution is -2.73. The van der Waals surface area contributed by atoms with Crippen LogP contribution < -0.4 is 24.6 Å². The number of hydrogen-bond donors (Lipinski definition) is 3. The molecule has 6 aliphatic heterocycles. The molecule has 6 aromatic rings. The number of benzene rings is 2. The number of rotatable bonds is 14. The number of fused-ring (bicyclic) bond motifs is 2. The minimum absolute atomic E-state index is 0.103. The first kappa shape index (κ1) is 52.8. The molecule has 2 aromatic carbocycles. The van der Waals surface area contributed by atoms with Crippen molar-refractivity contribution in [3.8, 4) is 34.3 Å². The first-order valence-electron chi connectivity index (χ1n) is 28.0. The fourth-order valence-electron chi connectivity index (χ4n) is 12.2. The average Bonchev–Trinajstić information content (AvgIpc) is 3.96. The Hall–Kier alpha value is -6.19. The molecule has 2 atom stereocenters. The van der Waals surface area contributed by atoms with Gasteiger partial charge in [-0.15, -0.1) is 0 Å². The van der Waals surface area contributed by atoms with E-state index in [0.717, 1.165) is 153 Å². The van der Waals surface area contributed by atoms with Gasteiger partial charge in [0, 0.05) is 164 Å². The molecule has 0 unspecified atom stereocenters. The van der Waals surface area contributed by atoms with Gasteiger partial charge >= 0.3 is 6.09 Å². The van der Waals surface area contributed by atoms with Gasteiger partial charge in [-0.1, -0.05) is 0 Å². The monoisotopic (exact) mass is 1050 g/mol. The van der Waals surface area contributed by atoms with Gasteiger partial charge in [0.1, 0.15) is 52.8 Å². The highest BCUT2D eigenvalue weighted by atomic mass is 16.6. The molecule has 412 valence electrons. The molecule has 0 aliphatic carbocycles. The summed E-state index contributed by atoms with van der Waals surface area (Å²) in [5.74, 6) is 3.56. The summed E-state index contributed by atoms with van der Waals surface area (Å²) >= 11 is 0. The number of amides is 1. The van der Waals surface area contributed by atoms with Crippen molar-refractivity contribution in [3.05, 3.63) is 61.2 Å².